The first-order chi connectivity index (χ1) is 13.2. The number of methoxy groups -OCH3 is 1. The Kier molecular flexibility index (Phi) is 11.1. The van der Waals surface area contributed by atoms with Crippen LogP contribution in [0.5, 0.6) is 11.5 Å². The first-order valence-electron chi connectivity index (χ1n) is 8.80. The van der Waals surface area contributed by atoms with Crippen LogP contribution in [0.4, 0.5) is 0 Å². The third kappa shape index (κ3) is 7.52. The summed E-state index contributed by atoms with van der Waals surface area (Å²) < 4.78 is 12.4. The van der Waals surface area contributed by atoms with Crippen LogP contribution in [-0.2, 0) is 19.7 Å². The molecule has 1 N–H and O–H groups in total. The molecule has 156 valence electrons. The molecule has 7 heteroatoms. The maximum Gasteiger partial charge on any atom is 0.175 e. The number of aryl methyl sites for hydroxylation is 1. The van der Waals surface area contributed by atoms with E-state index in [0.29, 0.717) is 12.4 Å². The summed E-state index contributed by atoms with van der Waals surface area (Å²) in [5.74, 6) is 1.43. The average Bonchev–Trinajstić information content (AvgIpc) is 2.69. The van der Waals surface area contributed by atoms with E-state index < -0.39 is 0 Å². The molecule has 0 spiro atoms. The van der Waals surface area contributed by atoms with Crippen LogP contribution < -0.4 is 14.8 Å². The molecule has 0 saturated carbocycles. The lowest BCUT2D eigenvalue weighted by Gasteiger charge is -2.15. The summed E-state index contributed by atoms with van der Waals surface area (Å²) in [5, 5.41) is 3.42. The van der Waals surface area contributed by atoms with Gasteiger partial charge in [-0.15, -0.1) is 24.8 Å². The average molecular weight is 500 g/mol. The molecule has 2 aromatic carbocycles. The number of benzene rings is 2. The lowest BCUT2D eigenvalue weighted by Crippen LogP contribution is -2.13. The van der Waals surface area contributed by atoms with Gasteiger partial charge in [0, 0.05) is 25.5 Å². The number of nitrogens with zero attached hydrogens (tertiary/aromatic N) is 1. The Morgan fingerprint density at radius 3 is 2.34 bits per heavy atom. The molecular weight excluding hydrogens is 475 g/mol. The molecule has 1 heterocycles. The number of aromatic nitrogens is 1. The van der Waals surface area contributed by atoms with Crippen molar-refractivity contribution >= 4 is 40.7 Å². The fraction of sp³-hybridized carbons (Fsp3) is 0.227. The van der Waals surface area contributed by atoms with Crippen molar-refractivity contribution in [3.63, 3.8) is 0 Å². The summed E-state index contributed by atoms with van der Waals surface area (Å²) in [6, 6.07) is 16.4. The summed E-state index contributed by atoms with van der Waals surface area (Å²) in [6.45, 7) is 4.06. The van der Waals surface area contributed by atoms with Crippen LogP contribution in [0.3, 0.4) is 0 Å². The van der Waals surface area contributed by atoms with E-state index in [1.807, 2.05) is 18.3 Å². The zero-order chi connectivity index (χ0) is 19.1. The second kappa shape index (κ2) is 12.7. The van der Waals surface area contributed by atoms with Crippen molar-refractivity contribution in [2.45, 2.75) is 26.6 Å². The van der Waals surface area contributed by atoms with E-state index in [4.69, 9.17) is 9.47 Å². The normalized spacial score (nSPS) is 9.90. The van der Waals surface area contributed by atoms with Crippen LogP contribution in [0.15, 0.2) is 65.4 Å². The van der Waals surface area contributed by atoms with Gasteiger partial charge < -0.3 is 14.8 Å². The van der Waals surface area contributed by atoms with E-state index in [0.717, 1.165) is 40.0 Å². The van der Waals surface area contributed by atoms with E-state index in [2.05, 4.69) is 69.6 Å². The van der Waals surface area contributed by atoms with E-state index in [1.54, 1.807) is 13.3 Å². The van der Waals surface area contributed by atoms with E-state index in [-0.39, 0.29) is 24.8 Å². The van der Waals surface area contributed by atoms with Crippen molar-refractivity contribution in [3.8, 4) is 11.5 Å². The van der Waals surface area contributed by atoms with Crippen molar-refractivity contribution in [1.82, 2.24) is 10.3 Å². The number of ether oxygens (including phenoxy) is 2. The molecule has 0 atom stereocenters. The lowest BCUT2D eigenvalue weighted by molar-refractivity contribution is 0.282. The Balaban J connectivity index is 0.00000210. The van der Waals surface area contributed by atoms with Gasteiger partial charge in [-0.3, -0.25) is 4.98 Å². The molecule has 3 aromatic rings. The molecule has 0 aliphatic carbocycles. The van der Waals surface area contributed by atoms with Crippen LogP contribution >= 0.6 is 40.7 Å². The number of hydrogen-bond acceptors (Lipinski definition) is 4. The third-order valence-corrected chi connectivity index (χ3v) is 4.76. The van der Waals surface area contributed by atoms with Gasteiger partial charge in [-0.05, 0) is 57.7 Å². The number of hydrogen-bond donors (Lipinski definition) is 1. The van der Waals surface area contributed by atoms with Crippen LogP contribution in [0, 0.1) is 6.92 Å². The summed E-state index contributed by atoms with van der Waals surface area (Å²) in [4.78, 5) is 4.13. The number of pyridine rings is 1. The van der Waals surface area contributed by atoms with Crippen LogP contribution in [0.25, 0.3) is 0 Å². The molecule has 4 nitrogen and oxygen atoms in total. The molecule has 3 rings (SSSR count). The van der Waals surface area contributed by atoms with Crippen molar-refractivity contribution in [2.75, 3.05) is 7.11 Å². The Morgan fingerprint density at radius 1 is 0.966 bits per heavy atom. The van der Waals surface area contributed by atoms with Gasteiger partial charge in [-0.25, -0.2) is 0 Å². The standard InChI is InChI=1S/C22H23BrN2O2.2ClH/c1-16-5-7-17(8-6-16)15-27-22-20(23)10-19(11-21(22)26-2)14-25-13-18-4-3-9-24-12-18;;/h3-12,25H,13-15H2,1-2H3;2*1H. The van der Waals surface area contributed by atoms with Gasteiger partial charge in [0.25, 0.3) is 0 Å². The highest BCUT2D eigenvalue weighted by Crippen LogP contribution is 2.37. The first kappa shape index (κ1) is 25.2. The molecule has 29 heavy (non-hydrogen) atoms. The molecular formula is C22H25BrCl2N2O2. The number of halogens is 3. The minimum atomic E-state index is 0. The minimum absolute atomic E-state index is 0. The molecule has 1 aromatic heterocycles. The lowest BCUT2D eigenvalue weighted by atomic mass is 10.1. The highest BCUT2D eigenvalue weighted by atomic mass is 79.9. The fourth-order valence-corrected chi connectivity index (χ4v) is 3.31. The van der Waals surface area contributed by atoms with Gasteiger partial charge in [0.05, 0.1) is 11.6 Å². The predicted molar refractivity (Wildman–Crippen MR) is 125 cm³/mol. The summed E-state index contributed by atoms with van der Waals surface area (Å²) in [7, 11) is 1.66. The van der Waals surface area contributed by atoms with Crippen LogP contribution in [-0.4, -0.2) is 12.1 Å². The van der Waals surface area contributed by atoms with Gasteiger partial charge in [-0.2, -0.15) is 0 Å². The van der Waals surface area contributed by atoms with Crippen molar-refractivity contribution in [2.24, 2.45) is 0 Å². The van der Waals surface area contributed by atoms with Crippen LogP contribution in [0.2, 0.25) is 0 Å². The minimum Gasteiger partial charge on any atom is -0.493 e. The topological polar surface area (TPSA) is 43.4 Å². The maximum absolute atomic E-state index is 6.01. The molecule has 0 unspecified atom stereocenters. The van der Waals surface area contributed by atoms with Gasteiger partial charge in [0.1, 0.15) is 6.61 Å². The van der Waals surface area contributed by atoms with Crippen LogP contribution in [0.1, 0.15) is 22.3 Å². The highest BCUT2D eigenvalue weighted by molar-refractivity contribution is 9.10. The zero-order valence-electron chi connectivity index (χ0n) is 16.4. The summed E-state index contributed by atoms with van der Waals surface area (Å²) in [5.41, 5.74) is 4.63. The monoisotopic (exact) mass is 498 g/mol. The van der Waals surface area contributed by atoms with Crippen molar-refractivity contribution in [3.05, 3.63) is 87.7 Å². The second-order valence-electron chi connectivity index (χ2n) is 6.35. The van der Waals surface area contributed by atoms with Gasteiger partial charge in [0.2, 0.25) is 0 Å². The highest BCUT2D eigenvalue weighted by Gasteiger charge is 2.12. The fourth-order valence-electron chi connectivity index (χ4n) is 2.71. The van der Waals surface area contributed by atoms with Gasteiger partial charge >= 0.3 is 0 Å². The molecule has 0 fully saturated rings. The Hall–Kier alpha value is -1.79. The summed E-state index contributed by atoms with van der Waals surface area (Å²) >= 11 is 3.62. The Bertz CT molecular complexity index is 878. The largest absolute Gasteiger partial charge is 0.493 e. The van der Waals surface area contributed by atoms with Crippen molar-refractivity contribution < 1.29 is 9.47 Å². The van der Waals surface area contributed by atoms with Gasteiger partial charge in [0.15, 0.2) is 11.5 Å². The number of rotatable bonds is 8. The maximum atomic E-state index is 6.01. The number of nitrogens with one attached hydrogen (secondary N) is 1. The third-order valence-electron chi connectivity index (χ3n) is 4.17. The van der Waals surface area contributed by atoms with E-state index in [1.165, 1.54) is 5.56 Å². The van der Waals surface area contributed by atoms with Gasteiger partial charge in [-0.1, -0.05) is 35.9 Å². The Morgan fingerprint density at radius 2 is 1.69 bits per heavy atom. The predicted octanol–water partition coefficient (Wildman–Crippen LogP) is 5.87. The van der Waals surface area contributed by atoms with Crippen molar-refractivity contribution in [1.29, 1.82) is 0 Å². The molecule has 0 bridgehead atoms. The van der Waals surface area contributed by atoms with E-state index in [9.17, 15) is 0 Å². The SMILES string of the molecule is COc1cc(CNCc2cccnc2)cc(Br)c1OCc1ccc(C)cc1.Cl.Cl. The second-order valence-corrected chi connectivity index (χ2v) is 7.20. The van der Waals surface area contributed by atoms with E-state index >= 15 is 0 Å². The smallest absolute Gasteiger partial charge is 0.175 e. The first-order valence-corrected chi connectivity index (χ1v) is 9.59. The zero-order valence-corrected chi connectivity index (χ0v) is 19.6. The Labute approximate surface area is 193 Å². The molecule has 0 amide bonds. The molecule has 0 aliphatic rings. The summed E-state index contributed by atoms with van der Waals surface area (Å²) in [6.07, 6.45) is 3.65. The molecule has 0 aliphatic heterocycles. The molecule has 0 saturated heterocycles. The molecule has 0 radical (unpaired) electrons. The quantitative estimate of drug-likeness (QED) is 0.420.